The first-order valence-electron chi connectivity index (χ1n) is 7.27. The summed E-state index contributed by atoms with van der Waals surface area (Å²) in [7, 11) is 0. The van der Waals surface area contributed by atoms with Crippen molar-refractivity contribution in [2.75, 3.05) is 10.6 Å². The lowest BCUT2D eigenvalue weighted by molar-refractivity contribution is 0.102. The van der Waals surface area contributed by atoms with Crippen LogP contribution in [0, 0.1) is 5.82 Å². The molecule has 0 aliphatic rings. The molecule has 0 saturated heterocycles. The first-order valence-corrected chi connectivity index (χ1v) is 8.03. The van der Waals surface area contributed by atoms with Crippen LogP contribution in [0.15, 0.2) is 60.8 Å². The number of rotatable bonds is 4. The van der Waals surface area contributed by atoms with Crippen molar-refractivity contribution in [1.29, 1.82) is 0 Å². The summed E-state index contributed by atoms with van der Waals surface area (Å²) in [5, 5.41) is 6.43. The van der Waals surface area contributed by atoms with E-state index in [1.165, 1.54) is 24.4 Å². The van der Waals surface area contributed by atoms with Crippen LogP contribution >= 0.6 is 23.2 Å². The first kappa shape index (κ1) is 17.2. The standard InChI is InChI=1S/C18H12Cl2FN3O/c19-12-4-3-5-13(20)17(12)23-11-8-9-22-16(10-11)18(25)24-15-7-2-1-6-14(15)21/h1-10H,(H,22,23)(H,24,25). The predicted octanol–water partition coefficient (Wildman–Crippen LogP) is 5.52. The SMILES string of the molecule is O=C(Nc1ccccc1F)c1cc(Nc2c(Cl)cccc2Cl)ccn1. The summed E-state index contributed by atoms with van der Waals surface area (Å²) in [6.07, 6.45) is 1.46. The molecule has 3 rings (SSSR count). The summed E-state index contributed by atoms with van der Waals surface area (Å²) in [5.74, 6) is -1.05. The molecule has 2 aromatic carbocycles. The number of carbonyl (C=O) groups excluding carboxylic acids is 1. The van der Waals surface area contributed by atoms with Crippen molar-refractivity contribution in [3.63, 3.8) is 0 Å². The number of nitrogens with one attached hydrogen (secondary N) is 2. The molecule has 1 heterocycles. The van der Waals surface area contributed by atoms with Gasteiger partial charge < -0.3 is 10.6 Å². The molecular formula is C18H12Cl2FN3O. The Labute approximate surface area is 153 Å². The molecule has 0 atom stereocenters. The molecule has 0 radical (unpaired) electrons. The van der Waals surface area contributed by atoms with Gasteiger partial charge in [0.05, 0.1) is 21.4 Å². The second kappa shape index (κ2) is 7.51. The van der Waals surface area contributed by atoms with Crippen LogP contribution in [0.5, 0.6) is 0 Å². The summed E-state index contributed by atoms with van der Waals surface area (Å²) in [5.41, 5.74) is 1.31. The van der Waals surface area contributed by atoms with Crippen LogP contribution in [0.1, 0.15) is 10.5 Å². The van der Waals surface area contributed by atoms with E-state index in [9.17, 15) is 9.18 Å². The van der Waals surface area contributed by atoms with E-state index in [2.05, 4.69) is 15.6 Å². The Morgan fingerprint density at radius 3 is 2.44 bits per heavy atom. The molecule has 1 aromatic heterocycles. The van der Waals surface area contributed by atoms with E-state index < -0.39 is 11.7 Å². The number of anilines is 3. The highest BCUT2D eigenvalue weighted by molar-refractivity contribution is 6.39. The van der Waals surface area contributed by atoms with Crippen LogP contribution in [0.2, 0.25) is 10.0 Å². The van der Waals surface area contributed by atoms with Gasteiger partial charge in [0.15, 0.2) is 0 Å². The molecule has 126 valence electrons. The van der Waals surface area contributed by atoms with Gasteiger partial charge in [0.25, 0.3) is 5.91 Å². The second-order valence-electron chi connectivity index (χ2n) is 5.09. The minimum absolute atomic E-state index is 0.0850. The fourth-order valence-electron chi connectivity index (χ4n) is 2.14. The average Bonchev–Trinajstić information content (AvgIpc) is 2.60. The van der Waals surface area contributed by atoms with Gasteiger partial charge >= 0.3 is 0 Å². The van der Waals surface area contributed by atoms with Crippen molar-refractivity contribution < 1.29 is 9.18 Å². The van der Waals surface area contributed by atoms with E-state index in [-0.39, 0.29) is 11.4 Å². The lowest BCUT2D eigenvalue weighted by Gasteiger charge is -2.11. The Kier molecular flexibility index (Phi) is 5.16. The number of amides is 1. The number of hydrogen-bond donors (Lipinski definition) is 2. The zero-order valence-electron chi connectivity index (χ0n) is 12.8. The molecule has 25 heavy (non-hydrogen) atoms. The van der Waals surface area contributed by atoms with E-state index in [0.29, 0.717) is 21.4 Å². The number of para-hydroxylation sites is 2. The van der Waals surface area contributed by atoms with Crippen LogP contribution in [0.25, 0.3) is 0 Å². The fraction of sp³-hybridized carbons (Fsp3) is 0. The molecule has 0 saturated carbocycles. The van der Waals surface area contributed by atoms with E-state index in [0.717, 1.165) is 0 Å². The van der Waals surface area contributed by atoms with Gasteiger partial charge in [-0.1, -0.05) is 41.4 Å². The van der Waals surface area contributed by atoms with Gasteiger partial charge in [-0.25, -0.2) is 4.39 Å². The Morgan fingerprint density at radius 1 is 1.00 bits per heavy atom. The van der Waals surface area contributed by atoms with Gasteiger partial charge in [0, 0.05) is 11.9 Å². The largest absolute Gasteiger partial charge is 0.353 e. The highest BCUT2D eigenvalue weighted by Crippen LogP contribution is 2.32. The van der Waals surface area contributed by atoms with Crippen LogP contribution < -0.4 is 10.6 Å². The third kappa shape index (κ3) is 4.07. The van der Waals surface area contributed by atoms with Crippen molar-refractivity contribution in [3.05, 3.63) is 82.4 Å². The Morgan fingerprint density at radius 2 is 1.72 bits per heavy atom. The fourth-order valence-corrected chi connectivity index (χ4v) is 2.63. The Balaban J connectivity index is 1.82. The van der Waals surface area contributed by atoms with Crippen molar-refractivity contribution in [2.24, 2.45) is 0 Å². The third-order valence-corrected chi connectivity index (χ3v) is 3.98. The van der Waals surface area contributed by atoms with Crippen molar-refractivity contribution in [3.8, 4) is 0 Å². The molecule has 0 spiro atoms. The number of nitrogens with zero attached hydrogens (tertiary/aromatic N) is 1. The van der Waals surface area contributed by atoms with Gasteiger partial charge in [-0.15, -0.1) is 0 Å². The minimum Gasteiger partial charge on any atom is -0.353 e. The van der Waals surface area contributed by atoms with E-state index in [1.54, 1.807) is 36.4 Å². The maximum atomic E-state index is 13.6. The lowest BCUT2D eigenvalue weighted by atomic mass is 10.2. The van der Waals surface area contributed by atoms with Crippen molar-refractivity contribution in [2.45, 2.75) is 0 Å². The molecule has 3 aromatic rings. The van der Waals surface area contributed by atoms with Crippen LogP contribution in [0.4, 0.5) is 21.5 Å². The Hall–Kier alpha value is -2.63. The molecule has 7 heteroatoms. The number of carbonyl (C=O) groups is 1. The van der Waals surface area contributed by atoms with Crippen LogP contribution in [0.3, 0.4) is 0 Å². The van der Waals surface area contributed by atoms with Crippen molar-refractivity contribution in [1.82, 2.24) is 4.98 Å². The molecule has 2 N–H and O–H groups in total. The van der Waals surface area contributed by atoms with Gasteiger partial charge in [-0.3, -0.25) is 9.78 Å². The monoisotopic (exact) mass is 375 g/mol. The summed E-state index contributed by atoms with van der Waals surface area (Å²) in [6, 6.07) is 14.2. The summed E-state index contributed by atoms with van der Waals surface area (Å²) >= 11 is 12.2. The van der Waals surface area contributed by atoms with Gasteiger partial charge in [0.2, 0.25) is 0 Å². The second-order valence-corrected chi connectivity index (χ2v) is 5.90. The number of hydrogen-bond acceptors (Lipinski definition) is 3. The van der Waals surface area contributed by atoms with Gasteiger partial charge in [-0.2, -0.15) is 0 Å². The molecule has 0 aliphatic carbocycles. The topological polar surface area (TPSA) is 54.0 Å². The summed E-state index contributed by atoms with van der Waals surface area (Å²) in [4.78, 5) is 16.3. The van der Waals surface area contributed by atoms with Gasteiger partial charge in [0.1, 0.15) is 11.5 Å². The highest BCUT2D eigenvalue weighted by Gasteiger charge is 2.12. The van der Waals surface area contributed by atoms with Crippen molar-refractivity contribution >= 4 is 46.2 Å². The summed E-state index contributed by atoms with van der Waals surface area (Å²) < 4.78 is 13.6. The zero-order chi connectivity index (χ0) is 17.8. The number of aromatic nitrogens is 1. The average molecular weight is 376 g/mol. The molecule has 0 unspecified atom stereocenters. The molecule has 0 aliphatic heterocycles. The molecule has 4 nitrogen and oxygen atoms in total. The van der Waals surface area contributed by atoms with Crippen LogP contribution in [-0.4, -0.2) is 10.9 Å². The Bertz CT molecular complexity index is 913. The van der Waals surface area contributed by atoms with E-state index in [1.807, 2.05) is 0 Å². The smallest absolute Gasteiger partial charge is 0.274 e. The molecule has 1 amide bonds. The minimum atomic E-state index is -0.529. The maximum absolute atomic E-state index is 13.6. The summed E-state index contributed by atoms with van der Waals surface area (Å²) in [6.45, 7) is 0. The maximum Gasteiger partial charge on any atom is 0.274 e. The number of halogens is 3. The third-order valence-electron chi connectivity index (χ3n) is 3.35. The van der Waals surface area contributed by atoms with E-state index >= 15 is 0 Å². The highest BCUT2D eigenvalue weighted by atomic mass is 35.5. The normalized spacial score (nSPS) is 10.4. The number of benzene rings is 2. The predicted molar refractivity (Wildman–Crippen MR) is 98.3 cm³/mol. The quantitative estimate of drug-likeness (QED) is 0.630. The first-order chi connectivity index (χ1) is 12.0. The van der Waals surface area contributed by atoms with E-state index in [4.69, 9.17) is 23.2 Å². The number of pyridine rings is 1. The lowest BCUT2D eigenvalue weighted by Crippen LogP contribution is -2.14. The molecular weight excluding hydrogens is 364 g/mol. The van der Waals surface area contributed by atoms with Gasteiger partial charge in [-0.05, 0) is 36.4 Å². The van der Waals surface area contributed by atoms with Crippen LogP contribution in [-0.2, 0) is 0 Å². The molecule has 0 bridgehead atoms. The molecule has 0 fully saturated rings. The zero-order valence-corrected chi connectivity index (χ0v) is 14.3.